The molecule has 0 aliphatic rings. The van der Waals surface area contributed by atoms with Crippen LogP contribution in [-0.4, -0.2) is 18.0 Å². The van der Waals surface area contributed by atoms with Crippen LogP contribution in [0.2, 0.25) is 0 Å². The third kappa shape index (κ3) is 2.83. The van der Waals surface area contributed by atoms with Gasteiger partial charge in [-0.3, -0.25) is 4.79 Å². The Morgan fingerprint density at radius 1 is 1.10 bits per heavy atom. The Bertz CT molecular complexity index is 624. The van der Waals surface area contributed by atoms with Gasteiger partial charge in [0.1, 0.15) is 23.5 Å². The highest BCUT2D eigenvalue weighted by molar-refractivity contribution is 6.02. The number of benzene rings is 2. The molecule has 0 aromatic heterocycles. The summed E-state index contributed by atoms with van der Waals surface area (Å²) < 4.78 is 30.8. The predicted molar refractivity (Wildman–Crippen MR) is 68.6 cm³/mol. The lowest BCUT2D eigenvalue weighted by Crippen LogP contribution is -2.13. The molecular weight excluding hydrogens is 266 g/mol. The van der Waals surface area contributed by atoms with Crippen LogP contribution in [-0.2, 0) is 0 Å². The second kappa shape index (κ2) is 5.79. The van der Waals surface area contributed by atoms with E-state index in [2.05, 4.69) is 0 Å². The highest BCUT2D eigenvalue weighted by Gasteiger charge is 2.22. The Morgan fingerprint density at radius 3 is 2.30 bits per heavy atom. The van der Waals surface area contributed by atoms with Gasteiger partial charge < -0.3 is 9.84 Å². The highest BCUT2D eigenvalue weighted by Crippen LogP contribution is 2.26. The van der Waals surface area contributed by atoms with Crippen molar-refractivity contribution >= 4 is 5.78 Å². The zero-order chi connectivity index (χ0) is 14.7. The van der Waals surface area contributed by atoms with Gasteiger partial charge in [0.15, 0.2) is 5.78 Å². The maximum atomic E-state index is 13.1. The molecule has 5 heteroatoms. The van der Waals surface area contributed by atoms with Crippen LogP contribution in [0.3, 0.4) is 0 Å². The van der Waals surface area contributed by atoms with Gasteiger partial charge in [-0.1, -0.05) is 12.1 Å². The molecule has 3 nitrogen and oxygen atoms in total. The fraction of sp³-hybridized carbons (Fsp3) is 0.133. The molecule has 0 heterocycles. The molecule has 0 amide bonds. The van der Waals surface area contributed by atoms with E-state index < -0.39 is 23.5 Å². The molecule has 0 bridgehead atoms. The number of halogens is 2. The average Bonchev–Trinajstić information content (AvgIpc) is 2.46. The van der Waals surface area contributed by atoms with Gasteiger partial charge in [0.25, 0.3) is 0 Å². The van der Waals surface area contributed by atoms with Crippen molar-refractivity contribution in [1.29, 1.82) is 0 Å². The molecule has 1 N–H and O–H groups in total. The summed E-state index contributed by atoms with van der Waals surface area (Å²) in [6.07, 6.45) is -1.46. The Morgan fingerprint density at radius 2 is 1.70 bits per heavy atom. The summed E-state index contributed by atoms with van der Waals surface area (Å²) in [7, 11) is 1.30. The highest BCUT2D eigenvalue weighted by atomic mass is 19.1. The fourth-order valence-electron chi connectivity index (χ4n) is 1.81. The van der Waals surface area contributed by atoms with E-state index in [0.29, 0.717) is 0 Å². The number of carbonyl (C=O) groups is 1. The molecule has 0 aliphatic heterocycles. The first kappa shape index (κ1) is 14.1. The molecule has 2 aromatic carbocycles. The zero-order valence-electron chi connectivity index (χ0n) is 10.6. The number of ether oxygens (including phenoxy) is 1. The van der Waals surface area contributed by atoms with E-state index in [1.807, 2.05) is 0 Å². The molecule has 0 radical (unpaired) electrons. The topological polar surface area (TPSA) is 46.5 Å². The van der Waals surface area contributed by atoms with Gasteiger partial charge in [-0.2, -0.15) is 0 Å². The van der Waals surface area contributed by atoms with Crippen LogP contribution in [0.1, 0.15) is 22.0 Å². The standard InChI is InChI=1S/C15H12F2O3/c1-20-13-8-11(17)6-7-12(13)15(19)14(18)9-2-4-10(16)5-3-9/h2-8,14,18H,1H3. The molecule has 0 spiro atoms. The summed E-state index contributed by atoms with van der Waals surface area (Å²) >= 11 is 0. The minimum atomic E-state index is -1.46. The number of rotatable bonds is 4. The molecule has 1 unspecified atom stereocenters. The lowest BCUT2D eigenvalue weighted by Gasteiger charge is -2.12. The molecule has 0 aliphatic carbocycles. The number of Topliss-reactive ketones (excluding diaryl/α,β-unsaturated/α-hetero) is 1. The molecule has 20 heavy (non-hydrogen) atoms. The third-order valence-corrected chi connectivity index (χ3v) is 2.86. The van der Waals surface area contributed by atoms with Crippen LogP contribution in [0.5, 0.6) is 5.75 Å². The first-order valence-electron chi connectivity index (χ1n) is 5.84. The SMILES string of the molecule is COc1cc(F)ccc1C(=O)C(O)c1ccc(F)cc1. The van der Waals surface area contributed by atoms with Crippen molar-refractivity contribution in [3.8, 4) is 5.75 Å². The summed E-state index contributed by atoms with van der Waals surface area (Å²) in [5, 5.41) is 10.0. The molecule has 2 rings (SSSR count). The second-order valence-corrected chi connectivity index (χ2v) is 4.16. The minimum absolute atomic E-state index is 0.0381. The van der Waals surface area contributed by atoms with E-state index >= 15 is 0 Å². The number of ketones is 1. The zero-order valence-corrected chi connectivity index (χ0v) is 10.6. The van der Waals surface area contributed by atoms with E-state index in [9.17, 15) is 18.7 Å². The van der Waals surface area contributed by atoms with E-state index in [1.54, 1.807) is 0 Å². The quantitative estimate of drug-likeness (QED) is 0.875. The van der Waals surface area contributed by atoms with Crippen molar-refractivity contribution in [2.75, 3.05) is 7.11 Å². The van der Waals surface area contributed by atoms with Crippen molar-refractivity contribution < 1.29 is 23.4 Å². The normalized spacial score (nSPS) is 12.0. The van der Waals surface area contributed by atoms with Crippen molar-refractivity contribution in [3.63, 3.8) is 0 Å². The molecule has 0 fully saturated rings. The summed E-state index contributed by atoms with van der Waals surface area (Å²) in [4.78, 5) is 12.2. The summed E-state index contributed by atoms with van der Waals surface area (Å²) in [5.74, 6) is -1.62. The predicted octanol–water partition coefficient (Wildman–Crippen LogP) is 2.89. The molecular formula is C15H12F2O3. The van der Waals surface area contributed by atoms with Crippen molar-refractivity contribution in [3.05, 3.63) is 65.2 Å². The lowest BCUT2D eigenvalue weighted by atomic mass is 9.99. The molecule has 104 valence electrons. The van der Waals surface area contributed by atoms with Gasteiger partial charge >= 0.3 is 0 Å². The molecule has 0 saturated heterocycles. The van der Waals surface area contributed by atoms with Gasteiger partial charge in [0.05, 0.1) is 12.7 Å². The summed E-state index contributed by atoms with van der Waals surface area (Å²) in [6.45, 7) is 0. The maximum Gasteiger partial charge on any atom is 0.199 e. The maximum absolute atomic E-state index is 13.1. The van der Waals surface area contributed by atoms with Gasteiger partial charge in [-0.15, -0.1) is 0 Å². The van der Waals surface area contributed by atoms with Crippen molar-refractivity contribution in [1.82, 2.24) is 0 Å². The average molecular weight is 278 g/mol. The Kier molecular flexibility index (Phi) is 4.10. The van der Waals surface area contributed by atoms with Crippen LogP contribution in [0, 0.1) is 11.6 Å². The number of carbonyl (C=O) groups excluding carboxylic acids is 1. The van der Waals surface area contributed by atoms with Gasteiger partial charge in [0, 0.05) is 6.07 Å². The van der Waals surface area contributed by atoms with E-state index in [4.69, 9.17) is 4.74 Å². The van der Waals surface area contributed by atoms with Crippen LogP contribution in [0.15, 0.2) is 42.5 Å². The van der Waals surface area contributed by atoms with E-state index in [1.165, 1.54) is 25.3 Å². The monoisotopic (exact) mass is 278 g/mol. The summed E-state index contributed by atoms with van der Waals surface area (Å²) in [6, 6.07) is 8.32. The van der Waals surface area contributed by atoms with Gasteiger partial charge in [-0.25, -0.2) is 8.78 Å². The van der Waals surface area contributed by atoms with Crippen LogP contribution in [0.25, 0.3) is 0 Å². The van der Waals surface area contributed by atoms with Gasteiger partial charge in [0.2, 0.25) is 0 Å². The number of methoxy groups -OCH3 is 1. The smallest absolute Gasteiger partial charge is 0.199 e. The number of hydrogen-bond donors (Lipinski definition) is 1. The third-order valence-electron chi connectivity index (χ3n) is 2.86. The Labute approximate surface area is 114 Å². The van der Waals surface area contributed by atoms with Crippen molar-refractivity contribution in [2.45, 2.75) is 6.10 Å². The van der Waals surface area contributed by atoms with Crippen LogP contribution >= 0.6 is 0 Å². The number of hydrogen-bond acceptors (Lipinski definition) is 3. The molecule has 1 atom stereocenters. The summed E-state index contributed by atoms with van der Waals surface area (Å²) in [5.41, 5.74) is 0.313. The number of aliphatic hydroxyl groups excluding tert-OH is 1. The minimum Gasteiger partial charge on any atom is -0.496 e. The van der Waals surface area contributed by atoms with E-state index in [-0.39, 0.29) is 16.9 Å². The lowest BCUT2D eigenvalue weighted by molar-refractivity contribution is 0.0744. The Hall–Kier alpha value is -2.27. The molecule has 2 aromatic rings. The largest absolute Gasteiger partial charge is 0.496 e. The van der Waals surface area contributed by atoms with E-state index in [0.717, 1.165) is 24.3 Å². The Balaban J connectivity index is 2.33. The first-order chi connectivity index (χ1) is 9.52. The van der Waals surface area contributed by atoms with Gasteiger partial charge in [-0.05, 0) is 29.8 Å². The first-order valence-corrected chi connectivity index (χ1v) is 5.84. The number of aliphatic hydroxyl groups is 1. The molecule has 0 saturated carbocycles. The van der Waals surface area contributed by atoms with Crippen LogP contribution in [0.4, 0.5) is 8.78 Å². The van der Waals surface area contributed by atoms with Crippen LogP contribution < -0.4 is 4.74 Å². The van der Waals surface area contributed by atoms with Crippen molar-refractivity contribution in [2.24, 2.45) is 0 Å². The second-order valence-electron chi connectivity index (χ2n) is 4.16. The fourth-order valence-corrected chi connectivity index (χ4v) is 1.81.